The number of nitrogens with one attached hydrogen (secondary N) is 2. The van der Waals surface area contributed by atoms with Crippen LogP contribution in [0.2, 0.25) is 0 Å². The number of aryl methyl sites for hydroxylation is 1. The Hall–Kier alpha value is -0.450. The lowest BCUT2D eigenvalue weighted by Gasteiger charge is -2.33. The monoisotopic (exact) mass is 495 g/mol. The van der Waals surface area contributed by atoms with Crippen molar-refractivity contribution < 1.29 is 4.74 Å². The van der Waals surface area contributed by atoms with Gasteiger partial charge in [0.1, 0.15) is 0 Å². The summed E-state index contributed by atoms with van der Waals surface area (Å²) in [5.41, 5.74) is 0. The van der Waals surface area contributed by atoms with Crippen LogP contribution in [0, 0.1) is 12.8 Å². The molecular formula is C18H34IN5OS. The highest BCUT2D eigenvalue weighted by molar-refractivity contribution is 14.0. The second-order valence-electron chi connectivity index (χ2n) is 6.91. The third-order valence-electron chi connectivity index (χ3n) is 3.94. The Morgan fingerprint density at radius 2 is 2.27 bits per heavy atom. The van der Waals surface area contributed by atoms with Gasteiger partial charge in [0.05, 0.1) is 24.3 Å². The van der Waals surface area contributed by atoms with Crippen LogP contribution in [0.1, 0.15) is 30.7 Å². The van der Waals surface area contributed by atoms with Gasteiger partial charge in [-0.2, -0.15) is 0 Å². The van der Waals surface area contributed by atoms with E-state index >= 15 is 0 Å². The number of thiazole rings is 1. The van der Waals surface area contributed by atoms with Gasteiger partial charge in [-0.05, 0) is 19.8 Å². The van der Waals surface area contributed by atoms with Crippen molar-refractivity contribution in [3.8, 4) is 0 Å². The normalized spacial score (nSPS) is 18.7. The van der Waals surface area contributed by atoms with E-state index in [1.54, 1.807) is 11.3 Å². The van der Waals surface area contributed by atoms with Gasteiger partial charge in [-0.3, -0.25) is 9.89 Å². The van der Waals surface area contributed by atoms with Crippen molar-refractivity contribution in [3.05, 3.63) is 16.1 Å². The zero-order valence-electron chi connectivity index (χ0n) is 16.5. The molecular weight excluding hydrogens is 461 g/mol. The molecule has 1 fully saturated rings. The van der Waals surface area contributed by atoms with Crippen LogP contribution >= 0.6 is 35.3 Å². The van der Waals surface area contributed by atoms with E-state index in [0.717, 1.165) is 51.7 Å². The van der Waals surface area contributed by atoms with E-state index in [1.807, 2.05) is 6.20 Å². The number of halogens is 1. The van der Waals surface area contributed by atoms with Gasteiger partial charge < -0.3 is 15.4 Å². The SMILES string of the molecule is CCNC(=NCC1CN(CC(C)C)CCO1)NCCc1ncc(C)s1.I. The molecule has 0 bridgehead atoms. The number of aliphatic imine (C=N–C) groups is 1. The van der Waals surface area contributed by atoms with Gasteiger partial charge in [0.2, 0.25) is 0 Å². The summed E-state index contributed by atoms with van der Waals surface area (Å²) in [6.07, 6.45) is 3.04. The third kappa shape index (κ3) is 8.96. The fourth-order valence-electron chi connectivity index (χ4n) is 2.91. The molecule has 8 heteroatoms. The first-order valence-electron chi connectivity index (χ1n) is 9.34. The van der Waals surface area contributed by atoms with Crippen molar-refractivity contribution in [3.63, 3.8) is 0 Å². The summed E-state index contributed by atoms with van der Waals surface area (Å²) in [5.74, 6) is 1.55. The molecule has 1 atom stereocenters. The van der Waals surface area contributed by atoms with Gasteiger partial charge in [-0.25, -0.2) is 4.98 Å². The number of hydrogen-bond acceptors (Lipinski definition) is 5. The Morgan fingerprint density at radius 3 is 2.92 bits per heavy atom. The van der Waals surface area contributed by atoms with Gasteiger partial charge in [0, 0.05) is 50.2 Å². The third-order valence-corrected chi connectivity index (χ3v) is 4.92. The quantitative estimate of drug-likeness (QED) is 0.330. The average Bonchev–Trinajstić information content (AvgIpc) is 2.98. The number of morpholine rings is 1. The zero-order valence-corrected chi connectivity index (χ0v) is 19.6. The molecule has 1 saturated heterocycles. The predicted octanol–water partition coefficient (Wildman–Crippen LogP) is 2.52. The van der Waals surface area contributed by atoms with E-state index in [4.69, 9.17) is 9.73 Å². The molecule has 1 aromatic heterocycles. The van der Waals surface area contributed by atoms with Crippen LogP contribution in [-0.2, 0) is 11.2 Å². The number of aromatic nitrogens is 1. The molecule has 1 aromatic rings. The van der Waals surface area contributed by atoms with Crippen molar-refractivity contribution in [1.82, 2.24) is 20.5 Å². The average molecular weight is 495 g/mol. The van der Waals surface area contributed by atoms with Gasteiger partial charge in [-0.15, -0.1) is 35.3 Å². The van der Waals surface area contributed by atoms with Gasteiger partial charge in [0.15, 0.2) is 5.96 Å². The van der Waals surface area contributed by atoms with E-state index < -0.39 is 0 Å². The summed E-state index contributed by atoms with van der Waals surface area (Å²) >= 11 is 1.76. The van der Waals surface area contributed by atoms with Crippen LogP contribution in [0.4, 0.5) is 0 Å². The Balaban J connectivity index is 0.00000338. The summed E-state index contributed by atoms with van der Waals surface area (Å²) in [6, 6.07) is 0. The molecule has 2 N–H and O–H groups in total. The maximum absolute atomic E-state index is 5.88. The lowest BCUT2D eigenvalue weighted by molar-refractivity contribution is -0.0261. The topological polar surface area (TPSA) is 61.8 Å². The molecule has 0 radical (unpaired) electrons. The molecule has 150 valence electrons. The summed E-state index contributed by atoms with van der Waals surface area (Å²) in [7, 11) is 0. The first-order chi connectivity index (χ1) is 12.1. The highest BCUT2D eigenvalue weighted by Gasteiger charge is 2.20. The van der Waals surface area contributed by atoms with Crippen LogP contribution in [-0.4, -0.2) is 67.8 Å². The Labute approximate surface area is 179 Å². The molecule has 0 aromatic carbocycles. The highest BCUT2D eigenvalue weighted by Crippen LogP contribution is 2.11. The van der Waals surface area contributed by atoms with E-state index in [9.17, 15) is 0 Å². The lowest BCUT2D eigenvalue weighted by Crippen LogP contribution is -2.46. The van der Waals surface area contributed by atoms with Crippen molar-refractivity contribution in [1.29, 1.82) is 0 Å². The number of guanidine groups is 1. The Bertz CT molecular complexity index is 537. The molecule has 6 nitrogen and oxygen atoms in total. The van der Waals surface area contributed by atoms with E-state index in [0.29, 0.717) is 12.5 Å². The Kier molecular flexibility index (Phi) is 11.7. The van der Waals surface area contributed by atoms with E-state index in [1.165, 1.54) is 9.88 Å². The van der Waals surface area contributed by atoms with Crippen molar-refractivity contribution in [2.75, 3.05) is 45.9 Å². The molecule has 1 aliphatic heterocycles. The lowest BCUT2D eigenvalue weighted by atomic mass is 10.2. The van der Waals surface area contributed by atoms with Crippen LogP contribution < -0.4 is 10.6 Å². The standard InChI is InChI=1S/C18H33N5OS.HI/c1-5-19-18(20-7-6-17-21-10-15(4)25-17)22-11-16-13-23(8-9-24-16)12-14(2)3;/h10,14,16H,5-9,11-13H2,1-4H3,(H2,19,20,22);1H. The zero-order chi connectivity index (χ0) is 18.1. The second kappa shape index (κ2) is 12.9. The molecule has 0 spiro atoms. The smallest absolute Gasteiger partial charge is 0.191 e. The fourth-order valence-corrected chi connectivity index (χ4v) is 3.70. The van der Waals surface area contributed by atoms with Gasteiger partial charge >= 0.3 is 0 Å². The summed E-state index contributed by atoms with van der Waals surface area (Å²) < 4.78 is 5.88. The highest BCUT2D eigenvalue weighted by atomic mass is 127. The maximum Gasteiger partial charge on any atom is 0.191 e. The van der Waals surface area contributed by atoms with Crippen molar-refractivity contribution >= 4 is 41.3 Å². The molecule has 26 heavy (non-hydrogen) atoms. The van der Waals surface area contributed by atoms with Crippen LogP contribution in [0.5, 0.6) is 0 Å². The minimum absolute atomic E-state index is 0. The first-order valence-corrected chi connectivity index (χ1v) is 10.2. The van der Waals surface area contributed by atoms with Gasteiger partial charge in [-0.1, -0.05) is 13.8 Å². The van der Waals surface area contributed by atoms with Crippen LogP contribution in [0.25, 0.3) is 0 Å². The molecule has 0 amide bonds. The molecule has 1 aliphatic rings. The number of rotatable bonds is 8. The maximum atomic E-state index is 5.88. The van der Waals surface area contributed by atoms with E-state index in [-0.39, 0.29) is 30.1 Å². The van der Waals surface area contributed by atoms with Crippen LogP contribution in [0.3, 0.4) is 0 Å². The number of ether oxygens (including phenoxy) is 1. The minimum Gasteiger partial charge on any atom is -0.374 e. The second-order valence-corrected chi connectivity index (χ2v) is 8.23. The van der Waals surface area contributed by atoms with Gasteiger partial charge in [0.25, 0.3) is 0 Å². The predicted molar refractivity (Wildman–Crippen MR) is 121 cm³/mol. The molecule has 0 saturated carbocycles. The van der Waals surface area contributed by atoms with Crippen molar-refractivity contribution in [2.24, 2.45) is 10.9 Å². The Morgan fingerprint density at radius 1 is 1.46 bits per heavy atom. The molecule has 2 heterocycles. The largest absolute Gasteiger partial charge is 0.374 e. The van der Waals surface area contributed by atoms with Crippen molar-refractivity contribution in [2.45, 2.75) is 40.2 Å². The summed E-state index contributed by atoms with van der Waals surface area (Å²) in [4.78, 5) is 12.9. The fraction of sp³-hybridized carbons (Fsp3) is 0.778. The minimum atomic E-state index is 0. The first kappa shape index (κ1) is 23.6. The van der Waals surface area contributed by atoms with E-state index in [2.05, 4.69) is 48.2 Å². The van der Waals surface area contributed by atoms with Crippen LogP contribution in [0.15, 0.2) is 11.2 Å². The number of nitrogens with zero attached hydrogens (tertiary/aromatic N) is 3. The molecule has 2 rings (SSSR count). The molecule has 0 aliphatic carbocycles. The summed E-state index contributed by atoms with van der Waals surface area (Å²) in [6.45, 7) is 15.0. The summed E-state index contributed by atoms with van der Waals surface area (Å²) in [5, 5.41) is 7.88. The number of hydrogen-bond donors (Lipinski definition) is 2. The molecule has 1 unspecified atom stereocenters.